The molecule has 1 N–H and O–H groups in total. The summed E-state index contributed by atoms with van der Waals surface area (Å²) in [4.78, 5) is 10.2. The van der Waals surface area contributed by atoms with Gasteiger partial charge >= 0.3 is 5.97 Å². The van der Waals surface area contributed by atoms with Crippen LogP contribution in [-0.4, -0.2) is 11.1 Å². The Balaban J connectivity index is 1.86. The molecule has 0 atom stereocenters. The molecule has 2 heteroatoms. The highest BCUT2D eigenvalue weighted by Crippen LogP contribution is 2.29. The van der Waals surface area contributed by atoms with Crippen LogP contribution in [-0.2, 0) is 4.79 Å². The predicted octanol–water partition coefficient (Wildman–Crippen LogP) is 3.21. The summed E-state index contributed by atoms with van der Waals surface area (Å²) in [5.74, 6) is 0.311. The summed E-state index contributed by atoms with van der Waals surface area (Å²) in [6.45, 7) is 0. The van der Waals surface area contributed by atoms with Crippen LogP contribution in [0.25, 0.3) is 0 Å². The van der Waals surface area contributed by atoms with Crippen molar-refractivity contribution in [3.05, 3.63) is 0 Å². The van der Waals surface area contributed by atoms with Gasteiger partial charge in [-0.1, -0.05) is 44.9 Å². The highest BCUT2D eigenvalue weighted by molar-refractivity contribution is 5.66. The van der Waals surface area contributed by atoms with E-state index >= 15 is 0 Å². The molecular formula is C11H20O2. The molecule has 0 saturated heterocycles. The number of carboxylic acid groups (broad SMARTS) is 1. The van der Waals surface area contributed by atoms with E-state index in [0.29, 0.717) is 6.42 Å². The van der Waals surface area contributed by atoms with E-state index in [-0.39, 0.29) is 0 Å². The van der Waals surface area contributed by atoms with Crippen molar-refractivity contribution in [2.75, 3.05) is 0 Å². The lowest BCUT2D eigenvalue weighted by molar-refractivity contribution is -0.137. The van der Waals surface area contributed by atoms with Crippen molar-refractivity contribution in [3.63, 3.8) is 0 Å². The molecule has 0 aromatic rings. The van der Waals surface area contributed by atoms with Gasteiger partial charge < -0.3 is 5.11 Å². The van der Waals surface area contributed by atoms with E-state index in [1.165, 1.54) is 38.5 Å². The summed E-state index contributed by atoms with van der Waals surface area (Å²) in [6, 6.07) is 0. The molecule has 2 nitrogen and oxygen atoms in total. The first-order valence-electron chi connectivity index (χ1n) is 5.51. The monoisotopic (exact) mass is 184 g/mol. The first-order valence-corrected chi connectivity index (χ1v) is 5.51. The van der Waals surface area contributed by atoms with Crippen LogP contribution < -0.4 is 0 Å². The van der Waals surface area contributed by atoms with E-state index in [2.05, 4.69) is 0 Å². The van der Waals surface area contributed by atoms with Gasteiger partial charge in [0.1, 0.15) is 0 Å². The molecule has 1 rings (SSSR count). The normalized spacial score (nSPS) is 17.8. The Bertz CT molecular complexity index is 148. The number of carbonyl (C=O) groups is 1. The molecule has 0 radical (unpaired) electrons. The summed E-state index contributed by atoms with van der Waals surface area (Å²) in [7, 11) is 0. The number of unbranched alkanes of at least 4 members (excludes halogenated alkanes) is 2. The average Bonchev–Trinajstić information content (AvgIpc) is 2.55. The molecule has 1 aliphatic carbocycles. The van der Waals surface area contributed by atoms with Crippen LogP contribution in [0.5, 0.6) is 0 Å². The maximum atomic E-state index is 10.2. The Morgan fingerprint density at radius 1 is 1.15 bits per heavy atom. The Kier molecular flexibility index (Phi) is 4.87. The number of hydrogen-bond donors (Lipinski definition) is 1. The van der Waals surface area contributed by atoms with Crippen LogP contribution in [0.3, 0.4) is 0 Å². The number of carboxylic acids is 1. The van der Waals surface area contributed by atoms with Gasteiger partial charge in [-0.05, 0) is 12.3 Å². The maximum Gasteiger partial charge on any atom is 0.303 e. The largest absolute Gasteiger partial charge is 0.481 e. The Morgan fingerprint density at radius 3 is 2.46 bits per heavy atom. The third-order valence-electron chi connectivity index (χ3n) is 2.98. The molecule has 0 amide bonds. The molecule has 0 heterocycles. The number of hydrogen-bond acceptors (Lipinski definition) is 1. The van der Waals surface area contributed by atoms with Crippen LogP contribution in [0.4, 0.5) is 0 Å². The average molecular weight is 184 g/mol. The van der Waals surface area contributed by atoms with Crippen LogP contribution in [0.2, 0.25) is 0 Å². The second kappa shape index (κ2) is 6.01. The fraction of sp³-hybridized carbons (Fsp3) is 0.909. The van der Waals surface area contributed by atoms with Gasteiger partial charge in [-0.3, -0.25) is 4.79 Å². The molecule has 1 aliphatic rings. The molecular weight excluding hydrogens is 164 g/mol. The minimum atomic E-state index is -0.652. The first kappa shape index (κ1) is 10.6. The van der Waals surface area contributed by atoms with Gasteiger partial charge in [-0.15, -0.1) is 0 Å². The highest BCUT2D eigenvalue weighted by atomic mass is 16.4. The summed E-state index contributed by atoms with van der Waals surface area (Å²) >= 11 is 0. The fourth-order valence-corrected chi connectivity index (χ4v) is 2.19. The topological polar surface area (TPSA) is 37.3 Å². The van der Waals surface area contributed by atoms with Gasteiger partial charge in [-0.2, -0.15) is 0 Å². The minimum absolute atomic E-state index is 0.352. The van der Waals surface area contributed by atoms with Gasteiger partial charge in [0.2, 0.25) is 0 Å². The molecule has 0 aliphatic heterocycles. The van der Waals surface area contributed by atoms with Crippen molar-refractivity contribution >= 4 is 5.97 Å². The van der Waals surface area contributed by atoms with Gasteiger partial charge in [0.15, 0.2) is 0 Å². The molecule has 13 heavy (non-hydrogen) atoms. The van der Waals surface area contributed by atoms with Gasteiger partial charge in [0.25, 0.3) is 0 Å². The second-order valence-corrected chi connectivity index (χ2v) is 4.14. The summed E-state index contributed by atoms with van der Waals surface area (Å²) < 4.78 is 0. The lowest BCUT2D eigenvalue weighted by atomic mass is 9.99. The molecule has 76 valence electrons. The van der Waals surface area contributed by atoms with E-state index in [1.54, 1.807) is 0 Å². The lowest BCUT2D eigenvalue weighted by Gasteiger charge is -2.07. The zero-order valence-electron chi connectivity index (χ0n) is 8.30. The van der Waals surface area contributed by atoms with Crippen LogP contribution in [0.15, 0.2) is 0 Å². The van der Waals surface area contributed by atoms with Crippen molar-refractivity contribution < 1.29 is 9.90 Å². The standard InChI is InChI=1S/C11H20O2/c12-11(13)9-3-1-2-6-10-7-4-5-8-10/h10H,1-9H2,(H,12,13). The third kappa shape index (κ3) is 4.91. The Hall–Kier alpha value is -0.530. The Morgan fingerprint density at radius 2 is 1.85 bits per heavy atom. The van der Waals surface area contributed by atoms with Crippen molar-refractivity contribution in [3.8, 4) is 0 Å². The predicted molar refractivity (Wildman–Crippen MR) is 52.7 cm³/mol. The first-order chi connectivity index (χ1) is 6.29. The summed E-state index contributed by atoms with van der Waals surface area (Å²) in [5, 5.41) is 8.42. The lowest BCUT2D eigenvalue weighted by Crippen LogP contribution is -1.95. The van der Waals surface area contributed by atoms with E-state index in [0.717, 1.165) is 18.8 Å². The molecule has 1 fully saturated rings. The van der Waals surface area contributed by atoms with Crippen LogP contribution in [0, 0.1) is 5.92 Å². The van der Waals surface area contributed by atoms with Crippen molar-refractivity contribution in [2.45, 2.75) is 57.8 Å². The van der Waals surface area contributed by atoms with E-state index in [4.69, 9.17) is 5.11 Å². The van der Waals surface area contributed by atoms with Crippen molar-refractivity contribution in [1.82, 2.24) is 0 Å². The van der Waals surface area contributed by atoms with Gasteiger partial charge in [0, 0.05) is 6.42 Å². The molecule has 0 aromatic heterocycles. The molecule has 0 bridgehead atoms. The minimum Gasteiger partial charge on any atom is -0.481 e. The van der Waals surface area contributed by atoms with E-state index in [9.17, 15) is 4.79 Å². The van der Waals surface area contributed by atoms with Crippen molar-refractivity contribution in [1.29, 1.82) is 0 Å². The molecule has 0 unspecified atom stereocenters. The highest BCUT2D eigenvalue weighted by Gasteiger charge is 2.13. The van der Waals surface area contributed by atoms with E-state index < -0.39 is 5.97 Å². The quantitative estimate of drug-likeness (QED) is 0.643. The van der Waals surface area contributed by atoms with Crippen LogP contribution in [0.1, 0.15) is 57.8 Å². The van der Waals surface area contributed by atoms with Gasteiger partial charge in [0.05, 0.1) is 0 Å². The SMILES string of the molecule is O=C(O)CCCCCC1CCCC1. The number of aliphatic carboxylic acids is 1. The van der Waals surface area contributed by atoms with E-state index in [1.807, 2.05) is 0 Å². The maximum absolute atomic E-state index is 10.2. The zero-order chi connectivity index (χ0) is 9.52. The molecule has 0 spiro atoms. The molecule has 1 saturated carbocycles. The Labute approximate surface area is 80.3 Å². The fourth-order valence-electron chi connectivity index (χ4n) is 2.19. The second-order valence-electron chi connectivity index (χ2n) is 4.14. The van der Waals surface area contributed by atoms with Crippen LogP contribution >= 0.6 is 0 Å². The summed E-state index contributed by atoms with van der Waals surface area (Å²) in [5.41, 5.74) is 0. The zero-order valence-corrected chi connectivity index (χ0v) is 8.30. The third-order valence-corrected chi connectivity index (χ3v) is 2.98. The molecule has 0 aromatic carbocycles. The smallest absolute Gasteiger partial charge is 0.303 e. The van der Waals surface area contributed by atoms with Gasteiger partial charge in [-0.25, -0.2) is 0 Å². The summed E-state index contributed by atoms with van der Waals surface area (Å²) in [6.07, 6.45) is 10.5. The van der Waals surface area contributed by atoms with Crippen molar-refractivity contribution in [2.24, 2.45) is 5.92 Å². The number of rotatable bonds is 6.